The average molecular weight is 127 g/mol. The van der Waals surface area contributed by atoms with Gasteiger partial charge in [0.25, 0.3) is 0 Å². The zero-order valence-corrected chi connectivity index (χ0v) is 5.76. The van der Waals surface area contributed by atoms with E-state index in [2.05, 4.69) is 0 Å². The van der Waals surface area contributed by atoms with Crippen molar-refractivity contribution in [2.45, 2.75) is 32.2 Å². The van der Waals surface area contributed by atoms with Crippen LogP contribution in [0.3, 0.4) is 0 Å². The summed E-state index contributed by atoms with van der Waals surface area (Å²) in [5.41, 5.74) is 5.61. The summed E-state index contributed by atoms with van der Waals surface area (Å²) in [6, 6.07) is 0.291. The Labute approximate surface area is 55.4 Å². The van der Waals surface area contributed by atoms with Gasteiger partial charge < -0.3 is 5.73 Å². The largest absolute Gasteiger partial charge is 0.328 e. The molecule has 1 aliphatic rings. The quantitative estimate of drug-likeness (QED) is 0.563. The molecule has 0 heterocycles. The number of hydrogen-bond acceptors (Lipinski definition) is 2. The molecule has 2 N–H and O–H groups in total. The summed E-state index contributed by atoms with van der Waals surface area (Å²) >= 11 is 0. The molecular weight excluding hydrogens is 114 g/mol. The summed E-state index contributed by atoms with van der Waals surface area (Å²) in [5, 5.41) is 0. The second kappa shape index (κ2) is 2.48. The highest BCUT2D eigenvalue weighted by Gasteiger charge is 2.24. The van der Waals surface area contributed by atoms with Gasteiger partial charge in [0.1, 0.15) is 5.78 Å². The number of rotatable bonds is 1. The van der Waals surface area contributed by atoms with Crippen LogP contribution in [0.1, 0.15) is 26.2 Å². The minimum Gasteiger partial charge on any atom is -0.328 e. The number of Topliss-reactive ketones (excluding diaryl/α,β-unsaturated/α-hetero) is 1. The van der Waals surface area contributed by atoms with E-state index in [1.165, 1.54) is 0 Å². The number of carbonyl (C=O) groups is 1. The molecule has 2 atom stereocenters. The van der Waals surface area contributed by atoms with Crippen molar-refractivity contribution in [3.8, 4) is 0 Å². The molecule has 0 saturated heterocycles. The normalized spacial score (nSPS) is 34.9. The maximum Gasteiger partial charge on any atom is 0.132 e. The number of hydrogen-bond donors (Lipinski definition) is 1. The predicted molar refractivity (Wildman–Crippen MR) is 36.0 cm³/mol. The van der Waals surface area contributed by atoms with Gasteiger partial charge >= 0.3 is 0 Å². The van der Waals surface area contributed by atoms with Gasteiger partial charge in [0.05, 0.1) is 0 Å². The summed E-state index contributed by atoms with van der Waals surface area (Å²) in [5.74, 6) is 0.586. The van der Waals surface area contributed by atoms with E-state index >= 15 is 0 Å². The summed E-state index contributed by atoms with van der Waals surface area (Å²) in [4.78, 5) is 10.7. The first kappa shape index (κ1) is 6.75. The van der Waals surface area contributed by atoms with Crippen molar-refractivity contribution >= 4 is 5.78 Å². The lowest BCUT2D eigenvalue weighted by Gasteiger charge is -2.01. The Morgan fingerprint density at radius 2 is 2.22 bits per heavy atom. The first-order valence-corrected chi connectivity index (χ1v) is 3.46. The zero-order chi connectivity index (χ0) is 6.85. The summed E-state index contributed by atoms with van der Waals surface area (Å²) in [6.07, 6.45) is 2.95. The van der Waals surface area contributed by atoms with Gasteiger partial charge in [-0.2, -0.15) is 0 Å². The minimum absolute atomic E-state index is 0.278. The van der Waals surface area contributed by atoms with Gasteiger partial charge in [0.15, 0.2) is 0 Å². The van der Waals surface area contributed by atoms with E-state index in [4.69, 9.17) is 5.73 Å². The molecule has 1 rings (SSSR count). The second-order valence-electron chi connectivity index (χ2n) is 2.88. The van der Waals surface area contributed by atoms with E-state index in [0.717, 1.165) is 19.3 Å². The molecule has 0 aromatic carbocycles. The highest BCUT2D eigenvalue weighted by molar-refractivity contribution is 5.78. The number of carbonyl (C=O) groups excluding carboxylic acids is 1. The Balaban J connectivity index is 2.39. The lowest BCUT2D eigenvalue weighted by atomic mass is 10.0. The molecule has 2 nitrogen and oxygen atoms in total. The van der Waals surface area contributed by atoms with Crippen molar-refractivity contribution in [3.05, 3.63) is 0 Å². The molecular formula is C7H13NO. The Morgan fingerprint density at radius 3 is 2.44 bits per heavy atom. The molecule has 1 aliphatic carbocycles. The molecule has 1 unspecified atom stereocenters. The van der Waals surface area contributed by atoms with Gasteiger partial charge in [-0.15, -0.1) is 0 Å². The van der Waals surface area contributed by atoms with Crippen LogP contribution in [-0.2, 0) is 4.79 Å². The molecule has 0 aromatic heterocycles. The van der Waals surface area contributed by atoms with E-state index in [0.29, 0.717) is 11.8 Å². The van der Waals surface area contributed by atoms with Crippen molar-refractivity contribution in [1.82, 2.24) is 0 Å². The van der Waals surface area contributed by atoms with Gasteiger partial charge in [0.2, 0.25) is 0 Å². The topological polar surface area (TPSA) is 43.1 Å². The first-order chi connectivity index (χ1) is 4.20. The molecule has 0 aliphatic heterocycles. The first-order valence-electron chi connectivity index (χ1n) is 3.46. The van der Waals surface area contributed by atoms with Crippen molar-refractivity contribution in [3.63, 3.8) is 0 Å². The molecule has 52 valence electrons. The lowest BCUT2D eigenvalue weighted by Crippen LogP contribution is -2.16. The molecule has 1 fully saturated rings. The average Bonchev–Trinajstić information content (AvgIpc) is 2.14. The molecule has 9 heavy (non-hydrogen) atoms. The summed E-state index contributed by atoms with van der Waals surface area (Å²) in [6.45, 7) is 1.66. The van der Waals surface area contributed by atoms with Crippen LogP contribution in [0.4, 0.5) is 0 Å². The van der Waals surface area contributed by atoms with E-state index < -0.39 is 0 Å². The SMILES string of the molecule is CC(=O)C1CC[C@H](N)C1. The van der Waals surface area contributed by atoms with Gasteiger partial charge in [-0.3, -0.25) is 4.79 Å². The standard InChI is InChI=1S/C7H13NO/c1-5(9)6-2-3-7(8)4-6/h6-7H,2-4,8H2,1H3/t6?,7-/m0/s1. The van der Waals surface area contributed by atoms with Crippen LogP contribution in [0.5, 0.6) is 0 Å². The molecule has 1 saturated carbocycles. The van der Waals surface area contributed by atoms with Crippen molar-refractivity contribution in [1.29, 1.82) is 0 Å². The summed E-state index contributed by atoms with van der Waals surface area (Å²) in [7, 11) is 0. The molecule has 0 bridgehead atoms. The van der Waals surface area contributed by atoms with Crippen LogP contribution in [0.2, 0.25) is 0 Å². The lowest BCUT2D eigenvalue weighted by molar-refractivity contribution is -0.120. The van der Waals surface area contributed by atoms with E-state index in [9.17, 15) is 4.79 Å². The van der Waals surface area contributed by atoms with Gasteiger partial charge in [-0.1, -0.05) is 0 Å². The Hall–Kier alpha value is -0.370. The van der Waals surface area contributed by atoms with Gasteiger partial charge in [-0.25, -0.2) is 0 Å². The van der Waals surface area contributed by atoms with Crippen LogP contribution in [-0.4, -0.2) is 11.8 Å². The van der Waals surface area contributed by atoms with Crippen LogP contribution in [0.15, 0.2) is 0 Å². The van der Waals surface area contributed by atoms with Crippen LogP contribution < -0.4 is 5.73 Å². The molecule has 0 amide bonds. The maximum atomic E-state index is 10.7. The summed E-state index contributed by atoms with van der Waals surface area (Å²) < 4.78 is 0. The minimum atomic E-state index is 0.278. The maximum absolute atomic E-state index is 10.7. The fraction of sp³-hybridized carbons (Fsp3) is 0.857. The fourth-order valence-electron chi connectivity index (χ4n) is 1.39. The van der Waals surface area contributed by atoms with Crippen molar-refractivity contribution < 1.29 is 4.79 Å². The van der Waals surface area contributed by atoms with Crippen molar-refractivity contribution in [2.75, 3.05) is 0 Å². The molecule has 2 heteroatoms. The molecule has 0 radical (unpaired) electrons. The molecule has 0 aromatic rings. The van der Waals surface area contributed by atoms with Crippen LogP contribution >= 0.6 is 0 Å². The third kappa shape index (κ3) is 1.52. The third-order valence-electron chi connectivity index (χ3n) is 2.05. The monoisotopic (exact) mass is 127 g/mol. The fourth-order valence-corrected chi connectivity index (χ4v) is 1.39. The van der Waals surface area contributed by atoms with E-state index in [1.807, 2.05) is 0 Å². The Bertz CT molecular complexity index is 122. The van der Waals surface area contributed by atoms with Gasteiger partial charge in [0, 0.05) is 12.0 Å². The Morgan fingerprint density at radius 1 is 1.56 bits per heavy atom. The smallest absolute Gasteiger partial charge is 0.132 e. The van der Waals surface area contributed by atoms with Crippen LogP contribution in [0, 0.1) is 5.92 Å². The number of nitrogens with two attached hydrogens (primary N) is 1. The highest BCUT2D eigenvalue weighted by atomic mass is 16.1. The van der Waals surface area contributed by atoms with E-state index in [-0.39, 0.29) is 5.92 Å². The molecule has 0 spiro atoms. The zero-order valence-electron chi connectivity index (χ0n) is 5.76. The number of ketones is 1. The second-order valence-corrected chi connectivity index (χ2v) is 2.88. The Kier molecular flexibility index (Phi) is 1.86. The van der Waals surface area contributed by atoms with E-state index in [1.54, 1.807) is 6.92 Å². The highest BCUT2D eigenvalue weighted by Crippen LogP contribution is 2.24. The van der Waals surface area contributed by atoms with Gasteiger partial charge in [-0.05, 0) is 26.2 Å². The third-order valence-corrected chi connectivity index (χ3v) is 2.05. The predicted octanol–water partition coefficient (Wildman–Crippen LogP) is 0.703. The van der Waals surface area contributed by atoms with Crippen molar-refractivity contribution in [2.24, 2.45) is 11.7 Å². The van der Waals surface area contributed by atoms with Crippen LogP contribution in [0.25, 0.3) is 0 Å².